The second-order valence-corrected chi connectivity index (χ2v) is 2.75. The Bertz CT molecular complexity index is 368. The summed E-state index contributed by atoms with van der Waals surface area (Å²) in [6.45, 7) is 0. The lowest BCUT2D eigenvalue weighted by atomic mass is 10.3. The lowest BCUT2D eigenvalue weighted by Gasteiger charge is -1.90. The Hall–Kier alpha value is -2.03. The zero-order valence-corrected chi connectivity index (χ0v) is 7.54. The molecule has 0 radical (unpaired) electrons. The monoisotopic (exact) mass is 183 g/mol. The van der Waals surface area contributed by atoms with Crippen molar-refractivity contribution in [1.82, 2.24) is 4.98 Å². The van der Waals surface area contributed by atoms with Crippen LogP contribution in [0.5, 0.6) is 0 Å². The van der Waals surface area contributed by atoms with Crippen molar-refractivity contribution in [1.29, 1.82) is 0 Å². The van der Waals surface area contributed by atoms with Gasteiger partial charge >= 0.3 is 0 Å². The molecule has 1 aromatic heterocycles. The van der Waals surface area contributed by atoms with Gasteiger partial charge in [-0.1, -0.05) is 18.2 Å². The summed E-state index contributed by atoms with van der Waals surface area (Å²) in [6, 6.07) is 13.3. The lowest BCUT2D eigenvalue weighted by Crippen LogP contribution is -1.66. The second kappa shape index (κ2) is 4.28. The molecule has 0 N–H and O–H groups in total. The Morgan fingerprint density at radius 1 is 0.786 bits per heavy atom. The van der Waals surface area contributed by atoms with Gasteiger partial charge in [-0.15, -0.1) is 5.11 Å². The highest BCUT2D eigenvalue weighted by atomic mass is 15.1. The minimum absolute atomic E-state index is 0.761. The third-order valence-corrected chi connectivity index (χ3v) is 1.68. The number of hydrogen-bond acceptors (Lipinski definition) is 3. The summed E-state index contributed by atoms with van der Waals surface area (Å²) < 4.78 is 0. The van der Waals surface area contributed by atoms with Gasteiger partial charge in [0.15, 0.2) is 0 Å². The lowest BCUT2D eigenvalue weighted by molar-refractivity contribution is 1.20. The van der Waals surface area contributed by atoms with E-state index in [9.17, 15) is 0 Å². The van der Waals surface area contributed by atoms with Crippen LogP contribution < -0.4 is 0 Å². The van der Waals surface area contributed by atoms with E-state index >= 15 is 0 Å². The molecule has 0 spiro atoms. The second-order valence-electron chi connectivity index (χ2n) is 2.75. The summed E-state index contributed by atoms with van der Waals surface area (Å²) in [4.78, 5) is 3.94. The molecule has 1 heterocycles. The topological polar surface area (TPSA) is 37.6 Å². The fourth-order valence-electron chi connectivity index (χ4n) is 1.02. The number of pyridine rings is 1. The van der Waals surface area contributed by atoms with Crippen molar-refractivity contribution in [3.05, 3.63) is 54.9 Å². The highest BCUT2D eigenvalue weighted by Crippen LogP contribution is 2.15. The molecule has 0 atom stereocenters. The standard InChI is InChI=1S/C11H9N3/c1-2-5-10(6-3-1)13-14-11-7-4-8-12-9-11/h1-9H. The Balaban J connectivity index is 2.16. The molecule has 2 rings (SSSR count). The number of rotatable bonds is 2. The first-order chi connectivity index (χ1) is 6.95. The van der Waals surface area contributed by atoms with Crippen LogP contribution in [0.25, 0.3) is 0 Å². The number of aromatic nitrogens is 1. The van der Waals surface area contributed by atoms with E-state index in [1.54, 1.807) is 12.4 Å². The summed E-state index contributed by atoms with van der Waals surface area (Å²) >= 11 is 0. The molecule has 0 saturated carbocycles. The summed E-state index contributed by atoms with van der Waals surface area (Å²) in [7, 11) is 0. The fraction of sp³-hybridized carbons (Fsp3) is 0. The van der Waals surface area contributed by atoms with E-state index in [1.807, 2.05) is 42.5 Å². The molecule has 0 fully saturated rings. The summed E-state index contributed by atoms with van der Waals surface area (Å²) in [5, 5.41) is 8.10. The van der Waals surface area contributed by atoms with E-state index < -0.39 is 0 Å². The van der Waals surface area contributed by atoms with E-state index in [-0.39, 0.29) is 0 Å². The highest BCUT2D eigenvalue weighted by Gasteiger charge is 1.87. The molecule has 3 heteroatoms. The third-order valence-electron chi connectivity index (χ3n) is 1.68. The number of hydrogen-bond donors (Lipinski definition) is 0. The number of benzene rings is 1. The zero-order chi connectivity index (χ0) is 9.64. The zero-order valence-electron chi connectivity index (χ0n) is 7.54. The SMILES string of the molecule is c1ccc(N=Nc2cccnc2)cc1. The minimum atomic E-state index is 0.761. The Morgan fingerprint density at radius 3 is 2.21 bits per heavy atom. The maximum absolute atomic E-state index is 4.06. The Morgan fingerprint density at radius 2 is 1.50 bits per heavy atom. The Kier molecular flexibility index (Phi) is 2.62. The first-order valence-electron chi connectivity index (χ1n) is 4.32. The van der Waals surface area contributed by atoms with Gasteiger partial charge in [0.05, 0.1) is 11.9 Å². The van der Waals surface area contributed by atoms with Crippen molar-refractivity contribution in [2.45, 2.75) is 0 Å². The molecular formula is C11H9N3. The van der Waals surface area contributed by atoms with Gasteiger partial charge in [0.1, 0.15) is 5.69 Å². The van der Waals surface area contributed by atoms with Crippen LogP contribution in [0, 0.1) is 0 Å². The molecule has 3 nitrogen and oxygen atoms in total. The van der Waals surface area contributed by atoms with Gasteiger partial charge in [0.25, 0.3) is 0 Å². The van der Waals surface area contributed by atoms with Gasteiger partial charge in [-0.05, 0) is 24.3 Å². The highest BCUT2D eigenvalue weighted by molar-refractivity contribution is 5.37. The molecule has 0 unspecified atom stereocenters. The molecule has 2 aromatic rings. The van der Waals surface area contributed by atoms with Crippen LogP contribution in [0.1, 0.15) is 0 Å². The molecule has 0 saturated heterocycles. The Labute approximate surface area is 82.2 Å². The van der Waals surface area contributed by atoms with Crippen LogP contribution in [0.4, 0.5) is 11.4 Å². The van der Waals surface area contributed by atoms with Crippen molar-refractivity contribution in [3.8, 4) is 0 Å². The molecule has 0 aliphatic rings. The van der Waals surface area contributed by atoms with E-state index in [0.717, 1.165) is 11.4 Å². The molecule has 0 bridgehead atoms. The summed E-state index contributed by atoms with van der Waals surface area (Å²) in [5.41, 5.74) is 1.60. The van der Waals surface area contributed by atoms with Crippen molar-refractivity contribution in [2.75, 3.05) is 0 Å². The molecule has 68 valence electrons. The van der Waals surface area contributed by atoms with Crippen molar-refractivity contribution in [2.24, 2.45) is 10.2 Å². The third kappa shape index (κ3) is 2.23. The molecule has 0 aliphatic heterocycles. The van der Waals surface area contributed by atoms with E-state index in [2.05, 4.69) is 15.2 Å². The summed E-state index contributed by atoms with van der Waals surface area (Å²) in [6.07, 6.45) is 3.38. The normalized spacial score (nSPS) is 10.6. The molecule has 0 aliphatic carbocycles. The predicted octanol–water partition coefficient (Wildman–Crippen LogP) is 3.50. The molecule has 0 amide bonds. The smallest absolute Gasteiger partial charge is 0.104 e. The van der Waals surface area contributed by atoms with Crippen LogP contribution >= 0.6 is 0 Å². The van der Waals surface area contributed by atoms with Gasteiger partial charge in [0.2, 0.25) is 0 Å². The van der Waals surface area contributed by atoms with Crippen LogP contribution in [0.2, 0.25) is 0 Å². The van der Waals surface area contributed by atoms with Gasteiger partial charge in [0, 0.05) is 6.20 Å². The summed E-state index contributed by atoms with van der Waals surface area (Å²) in [5.74, 6) is 0. The van der Waals surface area contributed by atoms with E-state index in [0.29, 0.717) is 0 Å². The van der Waals surface area contributed by atoms with Crippen molar-refractivity contribution >= 4 is 11.4 Å². The maximum atomic E-state index is 4.06. The fourth-order valence-corrected chi connectivity index (χ4v) is 1.02. The molecule has 14 heavy (non-hydrogen) atoms. The quantitative estimate of drug-likeness (QED) is 0.656. The van der Waals surface area contributed by atoms with Gasteiger partial charge < -0.3 is 0 Å². The van der Waals surface area contributed by atoms with Gasteiger partial charge in [-0.3, -0.25) is 4.98 Å². The minimum Gasteiger partial charge on any atom is -0.262 e. The van der Waals surface area contributed by atoms with Gasteiger partial charge in [-0.2, -0.15) is 5.11 Å². The van der Waals surface area contributed by atoms with Crippen LogP contribution in [0.15, 0.2) is 65.1 Å². The van der Waals surface area contributed by atoms with Gasteiger partial charge in [-0.25, -0.2) is 0 Å². The molecule has 1 aromatic carbocycles. The van der Waals surface area contributed by atoms with Crippen molar-refractivity contribution < 1.29 is 0 Å². The van der Waals surface area contributed by atoms with E-state index in [1.165, 1.54) is 0 Å². The van der Waals surface area contributed by atoms with Crippen LogP contribution in [0.3, 0.4) is 0 Å². The predicted molar refractivity (Wildman–Crippen MR) is 54.9 cm³/mol. The van der Waals surface area contributed by atoms with Crippen molar-refractivity contribution in [3.63, 3.8) is 0 Å². The van der Waals surface area contributed by atoms with Crippen LogP contribution in [-0.4, -0.2) is 4.98 Å². The first kappa shape index (κ1) is 8.56. The largest absolute Gasteiger partial charge is 0.262 e. The van der Waals surface area contributed by atoms with Crippen LogP contribution in [-0.2, 0) is 0 Å². The first-order valence-corrected chi connectivity index (χ1v) is 4.32. The van der Waals surface area contributed by atoms with E-state index in [4.69, 9.17) is 0 Å². The average molecular weight is 183 g/mol. The maximum Gasteiger partial charge on any atom is 0.104 e. The average Bonchev–Trinajstić information content (AvgIpc) is 2.29. The number of nitrogens with zero attached hydrogens (tertiary/aromatic N) is 3. The number of azo groups is 1. The molecular weight excluding hydrogens is 174 g/mol.